The third-order valence-corrected chi connectivity index (χ3v) is 6.08. The molecule has 0 radical (unpaired) electrons. The first-order valence-electron chi connectivity index (χ1n) is 8.41. The van der Waals surface area contributed by atoms with E-state index < -0.39 is 21.5 Å². The molecular formula is C18H22N2O5S. The predicted molar refractivity (Wildman–Crippen MR) is 95.6 cm³/mol. The maximum absolute atomic E-state index is 12.7. The lowest BCUT2D eigenvalue weighted by molar-refractivity contribution is 0.0864. The van der Waals surface area contributed by atoms with Crippen LogP contribution in [0.4, 0.5) is 0 Å². The van der Waals surface area contributed by atoms with Crippen LogP contribution < -0.4 is 14.8 Å². The summed E-state index contributed by atoms with van der Waals surface area (Å²) in [6.45, 7) is 0. The molecule has 1 aromatic heterocycles. The number of hydrogen-bond acceptors (Lipinski definition) is 5. The minimum absolute atomic E-state index is 0.0291. The lowest BCUT2D eigenvalue weighted by Crippen LogP contribution is -2.43. The van der Waals surface area contributed by atoms with Crippen molar-refractivity contribution in [3.8, 4) is 5.75 Å². The summed E-state index contributed by atoms with van der Waals surface area (Å²) in [7, 11) is -0.830. The first kappa shape index (κ1) is 18.5. The normalized spacial score (nSPS) is 16.4. The number of furan rings is 1. The maximum atomic E-state index is 12.7. The van der Waals surface area contributed by atoms with Gasteiger partial charge in [-0.15, -0.1) is 0 Å². The van der Waals surface area contributed by atoms with Crippen LogP contribution >= 0.6 is 0 Å². The largest absolute Gasteiger partial charge is 0.497 e. The highest BCUT2D eigenvalue weighted by Crippen LogP contribution is 2.39. The molecule has 140 valence electrons. The van der Waals surface area contributed by atoms with Crippen molar-refractivity contribution < 1.29 is 22.4 Å². The van der Waals surface area contributed by atoms with Crippen molar-refractivity contribution in [1.29, 1.82) is 0 Å². The number of sulfonamides is 1. The lowest BCUT2D eigenvalue weighted by atomic mass is 9.88. The van der Waals surface area contributed by atoms with Crippen LogP contribution in [0.2, 0.25) is 0 Å². The molecule has 3 rings (SSSR count). The highest BCUT2D eigenvalue weighted by Gasteiger charge is 2.38. The zero-order valence-electron chi connectivity index (χ0n) is 14.7. The van der Waals surface area contributed by atoms with E-state index in [1.807, 2.05) is 24.3 Å². The number of ether oxygens (including phenoxy) is 1. The maximum Gasteiger partial charge on any atom is 0.287 e. The van der Waals surface area contributed by atoms with Gasteiger partial charge in [0, 0.05) is 0 Å². The molecule has 1 heterocycles. The van der Waals surface area contributed by atoms with Gasteiger partial charge in [-0.3, -0.25) is 4.79 Å². The fourth-order valence-corrected chi connectivity index (χ4v) is 3.99. The Morgan fingerprint density at radius 1 is 1.12 bits per heavy atom. The van der Waals surface area contributed by atoms with Crippen LogP contribution in [-0.2, 0) is 15.6 Å². The molecule has 1 aromatic carbocycles. The number of carbonyl (C=O) groups is 1. The summed E-state index contributed by atoms with van der Waals surface area (Å²) in [5.41, 5.74) is 0.511. The standard InChI is InChI=1S/C18H22N2O5S/c1-19-26(22,23)16-10-9-15(25-16)17(21)20-18(11-3-4-12-18)13-5-7-14(24-2)8-6-13/h5-10,19H,3-4,11-12H2,1-2H3,(H,20,21). The van der Waals surface area contributed by atoms with E-state index in [-0.39, 0.29) is 10.9 Å². The van der Waals surface area contributed by atoms with Gasteiger partial charge in [-0.25, -0.2) is 13.1 Å². The number of nitrogens with one attached hydrogen (secondary N) is 2. The van der Waals surface area contributed by atoms with E-state index in [0.29, 0.717) is 0 Å². The predicted octanol–water partition coefficient (Wildman–Crippen LogP) is 2.40. The summed E-state index contributed by atoms with van der Waals surface area (Å²) < 4.78 is 36.2. The van der Waals surface area contributed by atoms with E-state index in [1.165, 1.54) is 19.2 Å². The van der Waals surface area contributed by atoms with Gasteiger partial charge in [0.2, 0.25) is 5.09 Å². The SMILES string of the molecule is CNS(=O)(=O)c1ccc(C(=O)NC2(c3ccc(OC)cc3)CCCC2)o1. The number of rotatable bonds is 6. The smallest absolute Gasteiger partial charge is 0.287 e. The van der Waals surface area contributed by atoms with Crippen molar-refractivity contribution in [3.05, 3.63) is 47.7 Å². The lowest BCUT2D eigenvalue weighted by Gasteiger charge is -2.30. The second kappa shape index (κ2) is 7.13. The van der Waals surface area contributed by atoms with Gasteiger partial charge >= 0.3 is 0 Å². The van der Waals surface area contributed by atoms with Gasteiger partial charge in [0.1, 0.15) is 5.75 Å². The van der Waals surface area contributed by atoms with E-state index >= 15 is 0 Å². The molecule has 2 aromatic rings. The second-order valence-electron chi connectivity index (χ2n) is 6.30. The van der Waals surface area contributed by atoms with Crippen molar-refractivity contribution in [1.82, 2.24) is 10.0 Å². The Kier molecular flexibility index (Phi) is 5.06. The fraction of sp³-hybridized carbons (Fsp3) is 0.389. The minimum Gasteiger partial charge on any atom is -0.497 e. The third-order valence-electron chi connectivity index (χ3n) is 4.79. The molecule has 0 unspecified atom stereocenters. The van der Waals surface area contributed by atoms with Crippen LogP contribution in [0.25, 0.3) is 0 Å². The molecule has 1 saturated carbocycles. The number of methoxy groups -OCH3 is 1. The molecule has 0 atom stereocenters. The Hall–Kier alpha value is -2.32. The minimum atomic E-state index is -3.72. The molecule has 0 bridgehead atoms. The van der Waals surface area contributed by atoms with Gasteiger partial charge in [0.25, 0.3) is 15.9 Å². The van der Waals surface area contributed by atoms with Crippen molar-refractivity contribution in [3.63, 3.8) is 0 Å². The van der Waals surface area contributed by atoms with Crippen LogP contribution in [0.1, 0.15) is 41.8 Å². The fourth-order valence-electron chi connectivity index (χ4n) is 3.34. The Balaban J connectivity index is 1.85. The molecular weight excluding hydrogens is 356 g/mol. The van der Waals surface area contributed by atoms with E-state index in [1.54, 1.807) is 7.11 Å². The van der Waals surface area contributed by atoms with Crippen LogP contribution in [-0.4, -0.2) is 28.5 Å². The van der Waals surface area contributed by atoms with Crippen LogP contribution in [0.3, 0.4) is 0 Å². The van der Waals surface area contributed by atoms with Crippen LogP contribution in [0.5, 0.6) is 5.75 Å². The molecule has 1 amide bonds. The van der Waals surface area contributed by atoms with E-state index in [4.69, 9.17) is 9.15 Å². The molecule has 1 fully saturated rings. The zero-order valence-corrected chi connectivity index (χ0v) is 15.6. The van der Waals surface area contributed by atoms with Crippen molar-refractivity contribution >= 4 is 15.9 Å². The summed E-state index contributed by atoms with van der Waals surface area (Å²) in [5.74, 6) is 0.292. The Bertz CT molecular complexity index is 881. The van der Waals surface area contributed by atoms with Gasteiger partial charge in [0.05, 0.1) is 12.6 Å². The Labute approximate surface area is 152 Å². The summed E-state index contributed by atoms with van der Waals surface area (Å²) in [6.07, 6.45) is 3.63. The molecule has 0 spiro atoms. The van der Waals surface area contributed by atoms with Crippen molar-refractivity contribution in [2.75, 3.05) is 14.2 Å². The van der Waals surface area contributed by atoms with E-state index in [0.717, 1.165) is 37.0 Å². The van der Waals surface area contributed by atoms with Gasteiger partial charge in [-0.1, -0.05) is 25.0 Å². The van der Waals surface area contributed by atoms with Crippen LogP contribution in [0, 0.1) is 0 Å². The average molecular weight is 378 g/mol. The quantitative estimate of drug-likeness (QED) is 0.804. The number of benzene rings is 1. The first-order valence-corrected chi connectivity index (χ1v) is 9.89. The van der Waals surface area contributed by atoms with E-state index in [2.05, 4.69) is 10.0 Å². The highest BCUT2D eigenvalue weighted by molar-refractivity contribution is 7.89. The molecule has 0 saturated heterocycles. The summed E-state index contributed by atoms with van der Waals surface area (Å²) in [4.78, 5) is 12.7. The second-order valence-corrected chi connectivity index (χ2v) is 8.12. The van der Waals surface area contributed by atoms with Crippen LogP contribution in [0.15, 0.2) is 45.9 Å². The summed E-state index contributed by atoms with van der Waals surface area (Å²) in [6, 6.07) is 10.3. The third kappa shape index (κ3) is 3.47. The topological polar surface area (TPSA) is 97.6 Å². The average Bonchev–Trinajstić information content (AvgIpc) is 3.32. The Morgan fingerprint density at radius 2 is 1.77 bits per heavy atom. The molecule has 2 N–H and O–H groups in total. The van der Waals surface area contributed by atoms with Crippen molar-refractivity contribution in [2.45, 2.75) is 36.3 Å². The van der Waals surface area contributed by atoms with Gasteiger partial charge < -0.3 is 14.5 Å². The molecule has 26 heavy (non-hydrogen) atoms. The molecule has 1 aliphatic rings. The zero-order chi connectivity index (χ0) is 18.8. The monoisotopic (exact) mass is 378 g/mol. The van der Waals surface area contributed by atoms with Crippen molar-refractivity contribution in [2.24, 2.45) is 0 Å². The molecule has 7 nitrogen and oxygen atoms in total. The van der Waals surface area contributed by atoms with Gasteiger partial charge in [-0.2, -0.15) is 0 Å². The number of carbonyl (C=O) groups excluding carboxylic acids is 1. The summed E-state index contributed by atoms with van der Waals surface area (Å²) >= 11 is 0. The van der Waals surface area contributed by atoms with Gasteiger partial charge in [0.15, 0.2) is 5.76 Å². The number of amides is 1. The summed E-state index contributed by atoms with van der Waals surface area (Å²) in [5, 5.41) is 2.77. The Morgan fingerprint density at radius 3 is 2.35 bits per heavy atom. The first-order chi connectivity index (χ1) is 12.4. The van der Waals surface area contributed by atoms with E-state index in [9.17, 15) is 13.2 Å². The number of hydrogen-bond donors (Lipinski definition) is 2. The van der Waals surface area contributed by atoms with Gasteiger partial charge in [-0.05, 0) is 49.7 Å². The molecule has 8 heteroatoms. The highest BCUT2D eigenvalue weighted by atomic mass is 32.2. The molecule has 1 aliphatic carbocycles. The molecule has 0 aliphatic heterocycles.